The van der Waals surface area contributed by atoms with Crippen LogP contribution < -0.4 is 5.69 Å². The van der Waals surface area contributed by atoms with E-state index in [0.29, 0.717) is 12.3 Å². The number of nitriles is 1. The fraction of sp³-hybridized carbons (Fsp3) is 0.500. The number of likely N-dealkylation sites (tertiary alicyclic amines) is 1. The standard InChI is InChI=1S/C20H23BN4O3/c1-23-17-11-14(13-7-9-21(12-22)10-8-13)3-4-15(17)25(20(23)28)16-5-6-18(26)24(2)19(16)27/h3-4,11,13,16H,5-10H2,1-2H3. The zero-order valence-electron chi connectivity index (χ0n) is 16.2. The molecule has 1 unspecified atom stereocenters. The molecule has 4 rings (SSSR count). The maximum Gasteiger partial charge on any atom is 0.329 e. The van der Waals surface area contributed by atoms with Gasteiger partial charge in [0.25, 0.3) is 12.6 Å². The molecule has 2 fully saturated rings. The Balaban J connectivity index is 1.72. The summed E-state index contributed by atoms with van der Waals surface area (Å²) in [6, 6.07) is 5.37. The molecule has 0 spiro atoms. The van der Waals surface area contributed by atoms with Gasteiger partial charge in [-0.2, -0.15) is 0 Å². The Bertz CT molecular complexity index is 1060. The highest BCUT2D eigenvalue weighted by molar-refractivity contribution is 6.67. The molecule has 1 aromatic heterocycles. The minimum absolute atomic E-state index is 0.155. The highest BCUT2D eigenvalue weighted by Crippen LogP contribution is 2.35. The predicted octanol–water partition coefficient (Wildman–Crippen LogP) is 2.09. The van der Waals surface area contributed by atoms with E-state index in [-0.39, 0.29) is 30.6 Å². The molecule has 1 atom stereocenters. The van der Waals surface area contributed by atoms with Crippen LogP contribution in [0.4, 0.5) is 0 Å². The van der Waals surface area contributed by atoms with Crippen LogP contribution >= 0.6 is 0 Å². The molecular formula is C20H23BN4O3. The maximum absolute atomic E-state index is 12.9. The molecule has 0 aliphatic carbocycles. The van der Waals surface area contributed by atoms with Crippen molar-refractivity contribution < 1.29 is 9.59 Å². The third-order valence-corrected chi connectivity index (χ3v) is 6.43. The number of imidazole rings is 1. The topological polar surface area (TPSA) is 88.1 Å². The van der Waals surface area contributed by atoms with Crippen LogP contribution in [0.3, 0.4) is 0 Å². The number of carbonyl (C=O) groups is 2. The van der Waals surface area contributed by atoms with Gasteiger partial charge in [-0.1, -0.05) is 31.5 Å². The highest BCUT2D eigenvalue weighted by atomic mass is 16.2. The SMILES string of the molecule is CN1C(=O)CCC(n2c(=O)n(C)c3cc(C4CCB(C#N)CC4)ccc32)C1=O. The number of carbonyl (C=O) groups excluding carboxylic acids is 2. The second kappa shape index (κ2) is 6.97. The molecule has 8 heteroatoms. The summed E-state index contributed by atoms with van der Waals surface area (Å²) in [5.41, 5.74) is 2.47. The second-order valence-corrected chi connectivity index (χ2v) is 7.98. The van der Waals surface area contributed by atoms with E-state index in [1.807, 2.05) is 18.2 Å². The lowest BCUT2D eigenvalue weighted by Gasteiger charge is -2.28. The van der Waals surface area contributed by atoms with Gasteiger partial charge in [0, 0.05) is 26.5 Å². The van der Waals surface area contributed by atoms with E-state index >= 15 is 0 Å². The molecule has 2 amide bonds. The minimum atomic E-state index is -0.643. The molecule has 3 heterocycles. The molecule has 0 saturated carbocycles. The molecule has 28 heavy (non-hydrogen) atoms. The number of amides is 2. The van der Waals surface area contributed by atoms with Gasteiger partial charge < -0.3 is 0 Å². The molecule has 0 bridgehead atoms. The van der Waals surface area contributed by atoms with E-state index < -0.39 is 6.04 Å². The smallest absolute Gasteiger partial charge is 0.295 e. The number of hydrogen-bond donors (Lipinski definition) is 0. The maximum atomic E-state index is 12.9. The van der Waals surface area contributed by atoms with Crippen LogP contribution in [0.1, 0.15) is 43.2 Å². The number of benzene rings is 1. The summed E-state index contributed by atoms with van der Waals surface area (Å²) in [5.74, 6) is 2.23. The molecular weight excluding hydrogens is 355 g/mol. The van der Waals surface area contributed by atoms with E-state index in [1.54, 1.807) is 11.6 Å². The monoisotopic (exact) mass is 378 g/mol. The summed E-state index contributed by atoms with van der Waals surface area (Å²) >= 11 is 0. The number of hydrogen-bond acceptors (Lipinski definition) is 4. The molecule has 7 nitrogen and oxygen atoms in total. The van der Waals surface area contributed by atoms with Crippen molar-refractivity contribution in [3.8, 4) is 5.97 Å². The van der Waals surface area contributed by atoms with Crippen molar-refractivity contribution in [1.29, 1.82) is 5.26 Å². The number of likely N-dealkylation sites (N-methyl/N-ethyl adjacent to an activating group) is 1. The van der Waals surface area contributed by atoms with Crippen LogP contribution in [-0.2, 0) is 16.6 Å². The zero-order valence-corrected chi connectivity index (χ0v) is 16.2. The van der Waals surface area contributed by atoms with Crippen molar-refractivity contribution in [2.75, 3.05) is 7.05 Å². The molecule has 2 aliphatic rings. The number of aryl methyl sites for hydroxylation is 1. The number of fused-ring (bicyclic) bond motifs is 1. The third kappa shape index (κ3) is 2.86. The highest BCUT2D eigenvalue weighted by Gasteiger charge is 2.35. The van der Waals surface area contributed by atoms with E-state index in [0.717, 1.165) is 41.4 Å². The number of rotatable bonds is 2. The predicted molar refractivity (Wildman–Crippen MR) is 106 cm³/mol. The molecule has 0 N–H and O–H groups in total. The van der Waals surface area contributed by atoms with Crippen LogP contribution in [0, 0.1) is 11.2 Å². The average Bonchev–Trinajstić information content (AvgIpc) is 2.97. The summed E-state index contributed by atoms with van der Waals surface area (Å²) in [5, 5.41) is 9.10. The van der Waals surface area contributed by atoms with Gasteiger partial charge in [-0.15, -0.1) is 0 Å². The average molecular weight is 378 g/mol. The number of aromatic nitrogens is 2. The first-order valence-corrected chi connectivity index (χ1v) is 9.83. The molecule has 0 radical (unpaired) electrons. The summed E-state index contributed by atoms with van der Waals surface area (Å²) in [6.45, 7) is 0.155. The lowest BCUT2D eigenvalue weighted by atomic mass is 9.41. The van der Waals surface area contributed by atoms with Gasteiger partial charge in [0.15, 0.2) is 0 Å². The lowest BCUT2D eigenvalue weighted by Crippen LogP contribution is -2.45. The molecule has 2 aliphatic heterocycles. The summed E-state index contributed by atoms with van der Waals surface area (Å²) in [7, 11) is 3.20. The number of nitrogens with zero attached hydrogens (tertiary/aromatic N) is 4. The second-order valence-electron chi connectivity index (χ2n) is 7.98. The summed E-state index contributed by atoms with van der Waals surface area (Å²) < 4.78 is 3.13. The van der Waals surface area contributed by atoms with Gasteiger partial charge >= 0.3 is 5.69 Å². The normalized spacial score (nSPS) is 21.4. The molecule has 1 aromatic carbocycles. The third-order valence-electron chi connectivity index (χ3n) is 6.43. The van der Waals surface area contributed by atoms with Gasteiger partial charge in [-0.05, 0) is 30.0 Å². The van der Waals surface area contributed by atoms with E-state index in [2.05, 4.69) is 5.97 Å². The van der Waals surface area contributed by atoms with Gasteiger partial charge in [0.2, 0.25) is 5.91 Å². The Morgan fingerprint density at radius 1 is 1.07 bits per heavy atom. The van der Waals surface area contributed by atoms with Crippen LogP contribution in [0.2, 0.25) is 12.6 Å². The van der Waals surface area contributed by atoms with Crippen LogP contribution in [0.5, 0.6) is 0 Å². The van der Waals surface area contributed by atoms with E-state index in [4.69, 9.17) is 5.26 Å². The largest absolute Gasteiger partial charge is 0.329 e. The van der Waals surface area contributed by atoms with Crippen LogP contribution in [0.25, 0.3) is 11.0 Å². The van der Waals surface area contributed by atoms with Gasteiger partial charge in [0.1, 0.15) is 6.04 Å². The number of piperidine rings is 1. The lowest BCUT2D eigenvalue weighted by molar-refractivity contribution is -0.149. The van der Waals surface area contributed by atoms with Crippen molar-refractivity contribution in [3.63, 3.8) is 0 Å². The quantitative estimate of drug-likeness (QED) is 0.591. The van der Waals surface area contributed by atoms with Crippen molar-refractivity contribution in [2.45, 2.75) is 50.3 Å². The Kier molecular flexibility index (Phi) is 4.62. The first-order valence-electron chi connectivity index (χ1n) is 9.83. The van der Waals surface area contributed by atoms with Crippen molar-refractivity contribution in [2.24, 2.45) is 7.05 Å². The summed E-state index contributed by atoms with van der Waals surface area (Å²) in [4.78, 5) is 38.5. The first kappa shape index (κ1) is 18.5. The fourth-order valence-corrected chi connectivity index (χ4v) is 4.63. The Morgan fingerprint density at radius 3 is 2.46 bits per heavy atom. The zero-order chi connectivity index (χ0) is 20.0. The van der Waals surface area contributed by atoms with Crippen molar-refractivity contribution in [3.05, 3.63) is 34.2 Å². The van der Waals surface area contributed by atoms with Crippen molar-refractivity contribution in [1.82, 2.24) is 14.0 Å². The molecule has 2 saturated heterocycles. The van der Waals surface area contributed by atoms with Crippen molar-refractivity contribution >= 4 is 29.6 Å². The Morgan fingerprint density at radius 2 is 1.79 bits per heavy atom. The Hall–Kier alpha value is -2.82. The van der Waals surface area contributed by atoms with E-state index in [9.17, 15) is 14.4 Å². The number of imide groups is 1. The van der Waals surface area contributed by atoms with Gasteiger partial charge in [-0.3, -0.25) is 23.6 Å². The van der Waals surface area contributed by atoms with E-state index in [1.165, 1.54) is 17.2 Å². The summed E-state index contributed by atoms with van der Waals surface area (Å²) in [6.07, 6.45) is 4.39. The Labute approximate surface area is 163 Å². The molecule has 144 valence electrons. The van der Waals surface area contributed by atoms with Gasteiger partial charge in [-0.25, -0.2) is 10.1 Å². The minimum Gasteiger partial charge on any atom is -0.295 e. The first-order chi connectivity index (χ1) is 13.4. The van der Waals surface area contributed by atoms with Crippen LogP contribution in [0.15, 0.2) is 23.0 Å². The molecule has 2 aromatic rings. The van der Waals surface area contributed by atoms with Gasteiger partial charge in [0.05, 0.1) is 11.0 Å². The van der Waals surface area contributed by atoms with Crippen LogP contribution in [-0.4, -0.2) is 39.6 Å². The fourth-order valence-electron chi connectivity index (χ4n) is 4.63.